The van der Waals surface area contributed by atoms with Crippen molar-refractivity contribution in [1.29, 1.82) is 0 Å². The molecule has 5 heteroatoms. The summed E-state index contributed by atoms with van der Waals surface area (Å²) in [5.74, 6) is 1.19. The number of rotatable bonds is 7. The summed E-state index contributed by atoms with van der Waals surface area (Å²) >= 11 is 3.40. The van der Waals surface area contributed by atoms with E-state index in [1.807, 2.05) is 24.3 Å². The molecule has 112 valence electrons. The summed E-state index contributed by atoms with van der Waals surface area (Å²) in [5, 5.41) is 3.21. The third-order valence-corrected chi connectivity index (χ3v) is 3.70. The van der Waals surface area contributed by atoms with Gasteiger partial charge in [0.05, 0.1) is 7.11 Å². The summed E-state index contributed by atoms with van der Waals surface area (Å²) in [7, 11) is 1.61. The van der Waals surface area contributed by atoms with Gasteiger partial charge < -0.3 is 14.8 Å². The zero-order chi connectivity index (χ0) is 15.1. The average molecular weight is 354 g/mol. The fourth-order valence-corrected chi connectivity index (χ4v) is 2.26. The van der Waals surface area contributed by atoms with Crippen molar-refractivity contribution in [2.75, 3.05) is 20.3 Å². The fraction of sp³-hybridized carbons (Fsp3) is 0.250. The molecule has 0 saturated carbocycles. The highest BCUT2D eigenvalue weighted by atomic mass is 79.9. The molecular formula is C16H17BrFNO2. The molecule has 1 N–H and O–H groups in total. The number of hydrogen-bond donors (Lipinski definition) is 1. The SMILES string of the molecule is COc1ccccc1OCCNCc1cc(F)ccc1Br. The molecule has 0 radical (unpaired) electrons. The predicted octanol–water partition coefficient (Wildman–Crippen LogP) is 3.77. The Morgan fingerprint density at radius 2 is 1.90 bits per heavy atom. The van der Waals surface area contributed by atoms with Crippen LogP contribution in [-0.4, -0.2) is 20.3 Å². The van der Waals surface area contributed by atoms with E-state index in [0.717, 1.165) is 10.0 Å². The molecule has 0 heterocycles. The van der Waals surface area contributed by atoms with Crippen molar-refractivity contribution in [1.82, 2.24) is 5.32 Å². The summed E-state index contributed by atoms with van der Waals surface area (Å²) in [6, 6.07) is 12.2. The molecule has 0 unspecified atom stereocenters. The van der Waals surface area contributed by atoms with Crippen molar-refractivity contribution >= 4 is 15.9 Å². The Labute approximate surface area is 132 Å². The number of benzene rings is 2. The Morgan fingerprint density at radius 1 is 1.14 bits per heavy atom. The van der Waals surface area contributed by atoms with Gasteiger partial charge in [-0.3, -0.25) is 0 Å². The second-order valence-corrected chi connectivity index (χ2v) is 5.27. The molecule has 0 aliphatic heterocycles. The van der Waals surface area contributed by atoms with Crippen LogP contribution in [0.15, 0.2) is 46.9 Å². The molecule has 2 aromatic rings. The van der Waals surface area contributed by atoms with E-state index in [1.165, 1.54) is 12.1 Å². The summed E-state index contributed by atoms with van der Waals surface area (Å²) in [6.45, 7) is 1.74. The van der Waals surface area contributed by atoms with Gasteiger partial charge in [0.15, 0.2) is 11.5 Å². The second-order valence-electron chi connectivity index (χ2n) is 4.41. The molecule has 0 atom stereocenters. The van der Waals surface area contributed by atoms with E-state index < -0.39 is 0 Å². The summed E-state index contributed by atoms with van der Waals surface area (Å²) in [4.78, 5) is 0. The Kier molecular flexibility index (Phi) is 6.02. The highest BCUT2D eigenvalue weighted by Crippen LogP contribution is 2.25. The zero-order valence-corrected chi connectivity index (χ0v) is 13.3. The largest absolute Gasteiger partial charge is 0.493 e. The number of para-hydroxylation sites is 2. The topological polar surface area (TPSA) is 30.5 Å². The molecule has 0 saturated heterocycles. The van der Waals surface area contributed by atoms with E-state index in [2.05, 4.69) is 21.2 Å². The van der Waals surface area contributed by atoms with Crippen LogP contribution < -0.4 is 14.8 Å². The summed E-state index contributed by atoms with van der Waals surface area (Å²) in [5.41, 5.74) is 0.882. The highest BCUT2D eigenvalue weighted by Gasteiger charge is 2.03. The minimum absolute atomic E-state index is 0.236. The van der Waals surface area contributed by atoms with Crippen molar-refractivity contribution in [2.24, 2.45) is 0 Å². The van der Waals surface area contributed by atoms with Gasteiger partial charge >= 0.3 is 0 Å². The van der Waals surface area contributed by atoms with E-state index >= 15 is 0 Å². The normalized spacial score (nSPS) is 10.4. The van der Waals surface area contributed by atoms with E-state index in [9.17, 15) is 4.39 Å². The number of hydrogen-bond acceptors (Lipinski definition) is 3. The quantitative estimate of drug-likeness (QED) is 0.768. The highest BCUT2D eigenvalue weighted by molar-refractivity contribution is 9.10. The van der Waals surface area contributed by atoms with Crippen LogP contribution >= 0.6 is 15.9 Å². The third kappa shape index (κ3) is 4.72. The van der Waals surface area contributed by atoms with Gasteiger partial charge in [0, 0.05) is 17.6 Å². The molecule has 0 fully saturated rings. The Balaban J connectivity index is 1.76. The summed E-state index contributed by atoms with van der Waals surface area (Å²) in [6.07, 6.45) is 0. The first-order valence-electron chi connectivity index (χ1n) is 6.61. The number of methoxy groups -OCH3 is 1. The third-order valence-electron chi connectivity index (χ3n) is 2.93. The molecule has 3 nitrogen and oxygen atoms in total. The minimum atomic E-state index is -0.236. The van der Waals surface area contributed by atoms with Gasteiger partial charge in [-0.2, -0.15) is 0 Å². The Morgan fingerprint density at radius 3 is 2.67 bits per heavy atom. The van der Waals surface area contributed by atoms with Gasteiger partial charge in [-0.1, -0.05) is 28.1 Å². The predicted molar refractivity (Wildman–Crippen MR) is 84.3 cm³/mol. The van der Waals surface area contributed by atoms with Gasteiger partial charge in [0.2, 0.25) is 0 Å². The van der Waals surface area contributed by atoms with E-state index in [-0.39, 0.29) is 5.82 Å². The monoisotopic (exact) mass is 353 g/mol. The van der Waals surface area contributed by atoms with Crippen molar-refractivity contribution < 1.29 is 13.9 Å². The van der Waals surface area contributed by atoms with Gasteiger partial charge in [-0.25, -0.2) is 4.39 Å². The van der Waals surface area contributed by atoms with Gasteiger partial charge in [-0.15, -0.1) is 0 Å². The first-order valence-corrected chi connectivity index (χ1v) is 7.40. The van der Waals surface area contributed by atoms with Crippen molar-refractivity contribution in [3.63, 3.8) is 0 Å². The van der Waals surface area contributed by atoms with Crippen LogP contribution in [-0.2, 0) is 6.54 Å². The average Bonchev–Trinajstić information content (AvgIpc) is 2.50. The maximum absolute atomic E-state index is 13.1. The smallest absolute Gasteiger partial charge is 0.161 e. The van der Waals surface area contributed by atoms with Crippen LogP contribution in [0.2, 0.25) is 0 Å². The van der Waals surface area contributed by atoms with E-state index in [1.54, 1.807) is 13.2 Å². The van der Waals surface area contributed by atoms with Crippen LogP contribution in [0.4, 0.5) is 4.39 Å². The molecule has 21 heavy (non-hydrogen) atoms. The van der Waals surface area contributed by atoms with Crippen LogP contribution in [0.25, 0.3) is 0 Å². The molecule has 0 aromatic heterocycles. The molecule has 0 amide bonds. The standard InChI is InChI=1S/C16H17BrFNO2/c1-20-15-4-2-3-5-16(15)21-9-8-19-11-12-10-13(18)6-7-14(12)17/h2-7,10,19H,8-9,11H2,1H3. The second kappa shape index (κ2) is 8.00. The first-order chi connectivity index (χ1) is 10.2. The van der Waals surface area contributed by atoms with Crippen molar-refractivity contribution in [3.8, 4) is 11.5 Å². The van der Waals surface area contributed by atoms with E-state index in [4.69, 9.17) is 9.47 Å². The molecule has 2 aromatic carbocycles. The zero-order valence-electron chi connectivity index (χ0n) is 11.7. The number of ether oxygens (including phenoxy) is 2. The lowest BCUT2D eigenvalue weighted by Gasteiger charge is -2.11. The summed E-state index contributed by atoms with van der Waals surface area (Å²) < 4.78 is 24.9. The van der Waals surface area contributed by atoms with Gasteiger partial charge in [0.25, 0.3) is 0 Å². The van der Waals surface area contributed by atoms with Gasteiger partial charge in [-0.05, 0) is 35.9 Å². The molecule has 0 bridgehead atoms. The van der Waals surface area contributed by atoms with Crippen molar-refractivity contribution in [2.45, 2.75) is 6.54 Å². The van der Waals surface area contributed by atoms with Gasteiger partial charge in [0.1, 0.15) is 12.4 Å². The van der Waals surface area contributed by atoms with Crippen molar-refractivity contribution in [3.05, 3.63) is 58.3 Å². The number of nitrogens with one attached hydrogen (secondary N) is 1. The minimum Gasteiger partial charge on any atom is -0.493 e. The van der Waals surface area contributed by atoms with Crippen LogP contribution in [0.5, 0.6) is 11.5 Å². The Bertz CT molecular complexity index is 592. The Hall–Kier alpha value is -1.59. The van der Waals surface area contributed by atoms with Crippen LogP contribution in [0.1, 0.15) is 5.56 Å². The molecule has 0 aliphatic rings. The molecule has 0 aliphatic carbocycles. The lowest BCUT2D eigenvalue weighted by atomic mass is 10.2. The lowest BCUT2D eigenvalue weighted by Crippen LogP contribution is -2.21. The molecule has 2 rings (SSSR count). The maximum atomic E-state index is 13.1. The fourth-order valence-electron chi connectivity index (χ4n) is 1.87. The van der Waals surface area contributed by atoms with Crippen LogP contribution in [0.3, 0.4) is 0 Å². The maximum Gasteiger partial charge on any atom is 0.161 e. The molecule has 0 spiro atoms. The van der Waals surface area contributed by atoms with E-state index in [0.29, 0.717) is 31.2 Å². The first kappa shape index (κ1) is 15.8. The number of halogens is 2. The van der Waals surface area contributed by atoms with Crippen LogP contribution in [0, 0.1) is 5.82 Å². The lowest BCUT2D eigenvalue weighted by molar-refractivity contribution is 0.292. The molecular weight excluding hydrogens is 337 g/mol.